The van der Waals surface area contributed by atoms with Crippen molar-refractivity contribution in [3.05, 3.63) is 46.0 Å². The highest BCUT2D eigenvalue weighted by Crippen LogP contribution is 2.23. The fourth-order valence-corrected chi connectivity index (χ4v) is 3.71. The van der Waals surface area contributed by atoms with Crippen molar-refractivity contribution in [3.63, 3.8) is 0 Å². The number of aromatic amines is 1. The van der Waals surface area contributed by atoms with E-state index in [1.165, 1.54) is 24.6 Å². The molecule has 0 spiro atoms. The smallest absolute Gasteiger partial charge is 0.254 e. The summed E-state index contributed by atoms with van der Waals surface area (Å²) >= 11 is 0. The van der Waals surface area contributed by atoms with Crippen molar-refractivity contribution in [1.29, 1.82) is 0 Å². The van der Waals surface area contributed by atoms with E-state index >= 15 is 0 Å². The Morgan fingerprint density at radius 1 is 1.17 bits per heavy atom. The van der Waals surface area contributed by atoms with Crippen LogP contribution in [0.2, 0.25) is 0 Å². The van der Waals surface area contributed by atoms with Crippen LogP contribution < -0.4 is 10.9 Å². The standard InChI is InChI=1S/C17H18FN3O2.ClH/c18-10-1-4-13-14(8-16(22)20-15(13)7-10)17(23)21-6-5-11-2-3-12(9-21)19-11;/h1,4,7-8,11-12,19H,2-3,5-6,9H2,(H,20,22);1H. The van der Waals surface area contributed by atoms with Crippen LogP contribution in [-0.4, -0.2) is 41.0 Å². The molecule has 2 bridgehead atoms. The molecule has 24 heavy (non-hydrogen) atoms. The number of hydrogen-bond acceptors (Lipinski definition) is 3. The summed E-state index contributed by atoms with van der Waals surface area (Å²) < 4.78 is 13.4. The van der Waals surface area contributed by atoms with Crippen LogP contribution in [0.25, 0.3) is 10.9 Å². The lowest BCUT2D eigenvalue weighted by atomic mass is 10.0. The van der Waals surface area contributed by atoms with E-state index in [0.717, 1.165) is 12.8 Å². The zero-order valence-corrected chi connectivity index (χ0v) is 13.9. The lowest BCUT2D eigenvalue weighted by molar-refractivity contribution is 0.0750. The summed E-state index contributed by atoms with van der Waals surface area (Å²) in [6.45, 7) is 1.34. The van der Waals surface area contributed by atoms with Gasteiger partial charge in [0.25, 0.3) is 5.91 Å². The van der Waals surface area contributed by atoms with Gasteiger partial charge in [0.05, 0.1) is 11.1 Å². The van der Waals surface area contributed by atoms with Crippen LogP contribution >= 0.6 is 12.4 Å². The molecule has 2 unspecified atom stereocenters. The summed E-state index contributed by atoms with van der Waals surface area (Å²) in [5.74, 6) is -0.587. The molecule has 2 aliphatic rings. The Hall–Kier alpha value is -1.92. The fraction of sp³-hybridized carbons (Fsp3) is 0.412. The molecule has 0 aliphatic carbocycles. The molecule has 2 N–H and O–H groups in total. The van der Waals surface area contributed by atoms with Crippen molar-refractivity contribution in [1.82, 2.24) is 15.2 Å². The van der Waals surface area contributed by atoms with E-state index < -0.39 is 5.82 Å². The number of aromatic nitrogens is 1. The van der Waals surface area contributed by atoms with Crippen LogP contribution in [0.1, 0.15) is 29.6 Å². The predicted octanol–water partition coefficient (Wildman–Crippen LogP) is 2.06. The number of pyridine rings is 1. The number of benzene rings is 1. The molecule has 0 saturated carbocycles. The van der Waals surface area contributed by atoms with Crippen LogP contribution in [0.4, 0.5) is 4.39 Å². The number of likely N-dealkylation sites (tertiary alicyclic amines) is 1. The third kappa shape index (κ3) is 3.03. The average Bonchev–Trinajstić information content (AvgIpc) is 2.84. The van der Waals surface area contributed by atoms with E-state index in [4.69, 9.17) is 0 Å². The van der Waals surface area contributed by atoms with Crippen molar-refractivity contribution < 1.29 is 9.18 Å². The Morgan fingerprint density at radius 2 is 1.96 bits per heavy atom. The van der Waals surface area contributed by atoms with E-state index in [1.54, 1.807) is 6.07 Å². The number of fused-ring (bicyclic) bond motifs is 3. The van der Waals surface area contributed by atoms with Gasteiger partial charge in [-0.1, -0.05) is 0 Å². The number of carbonyl (C=O) groups is 1. The first kappa shape index (κ1) is 16.9. The number of carbonyl (C=O) groups excluding carboxylic acids is 1. The second-order valence-electron chi connectivity index (χ2n) is 6.41. The third-order valence-corrected chi connectivity index (χ3v) is 4.85. The quantitative estimate of drug-likeness (QED) is 0.826. The lowest BCUT2D eigenvalue weighted by Crippen LogP contribution is -2.39. The van der Waals surface area contributed by atoms with Crippen molar-refractivity contribution in [2.45, 2.75) is 31.3 Å². The van der Waals surface area contributed by atoms with Crippen molar-refractivity contribution in [3.8, 4) is 0 Å². The van der Waals surface area contributed by atoms with Gasteiger partial charge < -0.3 is 15.2 Å². The Labute approximate surface area is 144 Å². The van der Waals surface area contributed by atoms with Crippen LogP contribution in [0.3, 0.4) is 0 Å². The molecule has 1 aromatic heterocycles. The minimum Gasteiger partial charge on any atom is -0.337 e. The molecule has 128 valence electrons. The Balaban J connectivity index is 0.00000169. The highest BCUT2D eigenvalue weighted by molar-refractivity contribution is 6.06. The SMILES string of the molecule is Cl.O=C(c1cc(=O)[nH]c2cc(F)ccc12)N1CCC2CCC(C1)N2. The maximum Gasteiger partial charge on any atom is 0.254 e. The van der Waals surface area contributed by atoms with E-state index in [0.29, 0.717) is 41.6 Å². The summed E-state index contributed by atoms with van der Waals surface area (Å²) in [5.41, 5.74) is 0.317. The van der Waals surface area contributed by atoms with Gasteiger partial charge >= 0.3 is 0 Å². The van der Waals surface area contributed by atoms with Crippen LogP contribution in [-0.2, 0) is 0 Å². The molecule has 2 atom stereocenters. The number of rotatable bonds is 1. The lowest BCUT2D eigenvalue weighted by Gasteiger charge is -2.24. The summed E-state index contributed by atoms with van der Waals surface area (Å²) in [4.78, 5) is 29.2. The number of hydrogen-bond donors (Lipinski definition) is 2. The molecule has 3 heterocycles. The number of halogens is 2. The first-order valence-electron chi connectivity index (χ1n) is 7.98. The molecule has 0 radical (unpaired) electrons. The number of nitrogens with zero attached hydrogens (tertiary/aromatic N) is 1. The van der Waals surface area contributed by atoms with E-state index in [2.05, 4.69) is 10.3 Å². The van der Waals surface area contributed by atoms with Crippen LogP contribution in [0.5, 0.6) is 0 Å². The van der Waals surface area contributed by atoms with Gasteiger partial charge in [-0.3, -0.25) is 9.59 Å². The summed E-state index contributed by atoms with van der Waals surface area (Å²) in [7, 11) is 0. The second-order valence-corrected chi connectivity index (χ2v) is 6.41. The topological polar surface area (TPSA) is 65.2 Å². The number of nitrogens with one attached hydrogen (secondary N) is 2. The molecule has 2 aromatic rings. The van der Waals surface area contributed by atoms with Gasteiger partial charge in [-0.05, 0) is 37.5 Å². The van der Waals surface area contributed by atoms with Crippen LogP contribution in [0, 0.1) is 5.82 Å². The Kier molecular flexibility index (Phi) is 4.60. The van der Waals surface area contributed by atoms with Gasteiger partial charge in [0.2, 0.25) is 5.56 Å². The average molecular weight is 352 g/mol. The maximum absolute atomic E-state index is 13.4. The number of amides is 1. The molecule has 2 aliphatic heterocycles. The Morgan fingerprint density at radius 3 is 2.79 bits per heavy atom. The maximum atomic E-state index is 13.4. The van der Waals surface area contributed by atoms with E-state index in [9.17, 15) is 14.0 Å². The highest BCUT2D eigenvalue weighted by Gasteiger charge is 2.32. The second kappa shape index (κ2) is 6.53. The molecule has 2 fully saturated rings. The van der Waals surface area contributed by atoms with Crippen molar-refractivity contribution in [2.75, 3.05) is 13.1 Å². The van der Waals surface area contributed by atoms with Gasteiger partial charge in [-0.15, -0.1) is 12.4 Å². The third-order valence-electron chi connectivity index (χ3n) is 4.85. The highest BCUT2D eigenvalue weighted by atomic mass is 35.5. The van der Waals surface area contributed by atoms with Gasteiger partial charge in [0, 0.05) is 36.6 Å². The van der Waals surface area contributed by atoms with E-state index in [-0.39, 0.29) is 23.9 Å². The predicted molar refractivity (Wildman–Crippen MR) is 92.2 cm³/mol. The van der Waals surface area contributed by atoms with Crippen molar-refractivity contribution >= 4 is 29.2 Å². The normalized spacial score (nSPS) is 23.0. The summed E-state index contributed by atoms with van der Waals surface area (Å²) in [6, 6.07) is 6.25. The minimum atomic E-state index is -0.436. The molecule has 2 saturated heterocycles. The first-order valence-corrected chi connectivity index (χ1v) is 7.98. The molecule has 7 heteroatoms. The first-order chi connectivity index (χ1) is 11.1. The summed E-state index contributed by atoms with van der Waals surface area (Å²) in [6.07, 6.45) is 3.17. The van der Waals surface area contributed by atoms with Gasteiger partial charge in [0.1, 0.15) is 5.82 Å². The zero-order valence-electron chi connectivity index (χ0n) is 13.0. The summed E-state index contributed by atoms with van der Waals surface area (Å²) in [5, 5.41) is 4.12. The fourth-order valence-electron chi connectivity index (χ4n) is 3.71. The molecule has 4 rings (SSSR count). The van der Waals surface area contributed by atoms with Gasteiger partial charge in [-0.2, -0.15) is 0 Å². The monoisotopic (exact) mass is 351 g/mol. The van der Waals surface area contributed by atoms with Crippen LogP contribution in [0.15, 0.2) is 29.1 Å². The molecule has 5 nitrogen and oxygen atoms in total. The molecule has 1 aromatic carbocycles. The minimum absolute atomic E-state index is 0. The Bertz CT molecular complexity index is 838. The molecule has 1 amide bonds. The largest absolute Gasteiger partial charge is 0.337 e. The molecular weight excluding hydrogens is 333 g/mol. The van der Waals surface area contributed by atoms with Crippen molar-refractivity contribution in [2.24, 2.45) is 0 Å². The van der Waals surface area contributed by atoms with E-state index in [1.807, 2.05) is 4.90 Å². The van der Waals surface area contributed by atoms with Gasteiger partial charge in [-0.25, -0.2) is 4.39 Å². The van der Waals surface area contributed by atoms with Gasteiger partial charge in [0.15, 0.2) is 0 Å². The molecular formula is C17H19ClFN3O2. The number of H-pyrrole nitrogens is 1. The zero-order chi connectivity index (χ0) is 16.0.